The fourth-order valence-electron chi connectivity index (χ4n) is 3.14. The number of hydrogen-bond acceptors (Lipinski definition) is 3. The number of nitrogens with two attached hydrogens (primary N) is 1. The molecule has 0 spiro atoms. The second-order valence-corrected chi connectivity index (χ2v) is 8.75. The maximum atomic E-state index is 11.7. The van der Waals surface area contributed by atoms with Crippen molar-refractivity contribution in [1.82, 2.24) is 0 Å². The van der Waals surface area contributed by atoms with E-state index in [1.807, 2.05) is 0 Å². The molecular formula is C15H31NO2S. The van der Waals surface area contributed by atoms with E-state index in [9.17, 15) is 8.42 Å². The molecule has 1 aliphatic carbocycles. The number of sulfone groups is 1. The van der Waals surface area contributed by atoms with E-state index < -0.39 is 9.84 Å². The predicted molar refractivity (Wildman–Crippen MR) is 81.9 cm³/mol. The van der Waals surface area contributed by atoms with Crippen molar-refractivity contribution in [2.45, 2.75) is 65.2 Å². The third-order valence-electron chi connectivity index (χ3n) is 4.95. The number of rotatable bonds is 8. The second kappa shape index (κ2) is 7.63. The van der Waals surface area contributed by atoms with Gasteiger partial charge in [-0.25, -0.2) is 8.42 Å². The Labute approximate surface area is 119 Å². The van der Waals surface area contributed by atoms with Gasteiger partial charge in [-0.15, -0.1) is 0 Å². The van der Waals surface area contributed by atoms with Crippen molar-refractivity contribution in [1.29, 1.82) is 0 Å². The Bertz CT molecular complexity index is 343. The van der Waals surface area contributed by atoms with E-state index in [4.69, 9.17) is 5.73 Å². The van der Waals surface area contributed by atoms with E-state index in [-0.39, 0.29) is 11.2 Å². The van der Waals surface area contributed by atoms with Crippen LogP contribution in [-0.4, -0.2) is 26.5 Å². The monoisotopic (exact) mass is 289 g/mol. The summed E-state index contributed by atoms with van der Waals surface area (Å²) in [6.07, 6.45) is 9.42. The first-order valence-electron chi connectivity index (χ1n) is 7.87. The standard InChI is InChI=1S/C15H31NO2S/c1-3-5-6-14-7-9-15(13-16,10-8-14)11-12-19(17,18)4-2/h14H,3-13,16H2,1-2H3. The van der Waals surface area contributed by atoms with Crippen molar-refractivity contribution in [3.8, 4) is 0 Å². The molecule has 3 nitrogen and oxygen atoms in total. The smallest absolute Gasteiger partial charge is 0.150 e. The van der Waals surface area contributed by atoms with Crippen LogP contribution in [0.5, 0.6) is 0 Å². The molecule has 0 radical (unpaired) electrons. The van der Waals surface area contributed by atoms with Gasteiger partial charge in [-0.2, -0.15) is 0 Å². The summed E-state index contributed by atoms with van der Waals surface area (Å²) < 4.78 is 23.3. The molecule has 0 amide bonds. The summed E-state index contributed by atoms with van der Waals surface area (Å²) in [6, 6.07) is 0. The van der Waals surface area contributed by atoms with E-state index >= 15 is 0 Å². The lowest BCUT2D eigenvalue weighted by Gasteiger charge is -2.39. The Morgan fingerprint density at radius 1 is 1.21 bits per heavy atom. The van der Waals surface area contributed by atoms with Gasteiger partial charge in [-0.1, -0.05) is 33.1 Å². The summed E-state index contributed by atoms with van der Waals surface area (Å²) in [5.74, 6) is 1.43. The van der Waals surface area contributed by atoms with Crippen LogP contribution < -0.4 is 5.73 Å². The Morgan fingerprint density at radius 3 is 2.32 bits per heavy atom. The average molecular weight is 289 g/mol. The minimum Gasteiger partial charge on any atom is -0.330 e. The molecule has 1 fully saturated rings. The Balaban J connectivity index is 2.46. The molecule has 0 saturated heterocycles. The lowest BCUT2D eigenvalue weighted by molar-refractivity contribution is 0.146. The summed E-state index contributed by atoms with van der Waals surface area (Å²) in [5, 5.41) is 0. The van der Waals surface area contributed by atoms with Crippen molar-refractivity contribution in [3.05, 3.63) is 0 Å². The molecule has 2 N–H and O–H groups in total. The van der Waals surface area contributed by atoms with E-state index in [1.54, 1.807) is 6.92 Å². The lowest BCUT2D eigenvalue weighted by Crippen LogP contribution is -2.36. The Morgan fingerprint density at radius 2 is 1.84 bits per heavy atom. The number of unbranched alkanes of at least 4 members (excludes halogenated alkanes) is 1. The van der Waals surface area contributed by atoms with E-state index in [0.29, 0.717) is 12.3 Å². The van der Waals surface area contributed by atoms with Crippen molar-refractivity contribution in [3.63, 3.8) is 0 Å². The predicted octanol–water partition coefficient (Wildman–Crippen LogP) is 3.14. The van der Waals surface area contributed by atoms with Gasteiger partial charge in [0.25, 0.3) is 0 Å². The summed E-state index contributed by atoms with van der Waals surface area (Å²) in [6.45, 7) is 4.61. The second-order valence-electron chi connectivity index (χ2n) is 6.28. The zero-order valence-corrected chi connectivity index (χ0v) is 13.5. The van der Waals surface area contributed by atoms with Crippen LogP contribution in [0.4, 0.5) is 0 Å². The molecule has 1 rings (SSSR count). The maximum Gasteiger partial charge on any atom is 0.150 e. The number of hydrogen-bond donors (Lipinski definition) is 1. The molecule has 0 aliphatic heterocycles. The summed E-state index contributed by atoms with van der Waals surface area (Å²) in [7, 11) is -2.85. The first-order valence-corrected chi connectivity index (χ1v) is 9.69. The van der Waals surface area contributed by atoms with Gasteiger partial charge in [0.15, 0.2) is 0 Å². The topological polar surface area (TPSA) is 60.2 Å². The maximum absolute atomic E-state index is 11.7. The fourth-order valence-corrected chi connectivity index (χ4v) is 4.18. The van der Waals surface area contributed by atoms with Crippen LogP contribution in [-0.2, 0) is 9.84 Å². The van der Waals surface area contributed by atoms with E-state index in [2.05, 4.69) is 6.92 Å². The van der Waals surface area contributed by atoms with Crippen LogP contribution in [0, 0.1) is 11.3 Å². The SMILES string of the molecule is CCCCC1CCC(CN)(CCS(=O)(=O)CC)CC1. The highest BCUT2D eigenvalue weighted by atomic mass is 32.2. The van der Waals surface area contributed by atoms with Crippen LogP contribution in [0.15, 0.2) is 0 Å². The third kappa shape index (κ3) is 5.42. The molecule has 0 heterocycles. The third-order valence-corrected chi connectivity index (χ3v) is 6.65. The highest BCUT2D eigenvalue weighted by molar-refractivity contribution is 7.91. The van der Waals surface area contributed by atoms with Crippen molar-refractivity contribution < 1.29 is 8.42 Å². The summed E-state index contributed by atoms with van der Waals surface area (Å²) in [5.41, 5.74) is 6.06. The van der Waals surface area contributed by atoms with Crippen molar-refractivity contribution in [2.24, 2.45) is 17.1 Å². The first kappa shape index (κ1) is 17.0. The Hall–Kier alpha value is -0.0900. The van der Waals surface area contributed by atoms with Crippen molar-refractivity contribution >= 4 is 9.84 Å². The molecule has 1 saturated carbocycles. The quantitative estimate of drug-likeness (QED) is 0.746. The van der Waals surface area contributed by atoms with Gasteiger partial charge in [-0.05, 0) is 50.0 Å². The molecule has 0 atom stereocenters. The van der Waals surface area contributed by atoms with Gasteiger partial charge >= 0.3 is 0 Å². The average Bonchev–Trinajstić information content (AvgIpc) is 2.44. The molecule has 0 unspecified atom stereocenters. The summed E-state index contributed by atoms with van der Waals surface area (Å²) >= 11 is 0. The largest absolute Gasteiger partial charge is 0.330 e. The highest BCUT2D eigenvalue weighted by Crippen LogP contribution is 2.42. The van der Waals surface area contributed by atoms with E-state index in [0.717, 1.165) is 25.2 Å². The molecule has 114 valence electrons. The molecule has 0 aromatic heterocycles. The van der Waals surface area contributed by atoms with Gasteiger partial charge in [0, 0.05) is 5.75 Å². The highest BCUT2D eigenvalue weighted by Gasteiger charge is 2.34. The van der Waals surface area contributed by atoms with Gasteiger partial charge in [0.1, 0.15) is 9.84 Å². The summed E-state index contributed by atoms with van der Waals surface area (Å²) in [4.78, 5) is 0. The van der Waals surface area contributed by atoms with Crippen LogP contribution in [0.2, 0.25) is 0 Å². The minimum atomic E-state index is -2.85. The van der Waals surface area contributed by atoms with Crippen LogP contribution in [0.3, 0.4) is 0 Å². The molecule has 0 aromatic carbocycles. The van der Waals surface area contributed by atoms with E-state index in [1.165, 1.54) is 32.1 Å². The molecule has 19 heavy (non-hydrogen) atoms. The van der Waals surface area contributed by atoms with Gasteiger partial charge in [-0.3, -0.25) is 0 Å². The van der Waals surface area contributed by atoms with Crippen LogP contribution in [0.25, 0.3) is 0 Å². The van der Waals surface area contributed by atoms with Crippen LogP contribution in [0.1, 0.15) is 65.2 Å². The van der Waals surface area contributed by atoms with Crippen molar-refractivity contribution in [2.75, 3.05) is 18.1 Å². The zero-order chi connectivity index (χ0) is 14.4. The van der Waals surface area contributed by atoms with Gasteiger partial charge < -0.3 is 5.73 Å². The Kier molecular flexibility index (Phi) is 6.81. The molecular weight excluding hydrogens is 258 g/mol. The fraction of sp³-hybridized carbons (Fsp3) is 1.00. The molecule has 0 aromatic rings. The molecule has 1 aliphatic rings. The minimum absolute atomic E-state index is 0.102. The van der Waals surface area contributed by atoms with Gasteiger partial charge in [0.05, 0.1) is 5.75 Å². The molecule has 4 heteroatoms. The normalized spacial score (nSPS) is 28.5. The molecule has 0 bridgehead atoms. The van der Waals surface area contributed by atoms with Gasteiger partial charge in [0.2, 0.25) is 0 Å². The zero-order valence-electron chi connectivity index (χ0n) is 12.7. The first-order chi connectivity index (χ1) is 8.97. The van der Waals surface area contributed by atoms with Crippen LogP contribution >= 0.6 is 0 Å². The lowest BCUT2D eigenvalue weighted by atomic mass is 9.68.